The van der Waals surface area contributed by atoms with Gasteiger partial charge in [0, 0.05) is 40.1 Å². The SMILES string of the molecule is CCO[Si](CCCNC(OC)OC)(OCC)OCC. The molecule has 0 saturated heterocycles. The van der Waals surface area contributed by atoms with E-state index in [-0.39, 0.29) is 6.41 Å². The quantitative estimate of drug-likeness (QED) is 0.316. The van der Waals surface area contributed by atoms with E-state index in [1.165, 1.54) is 0 Å². The standard InChI is InChI=1S/C12H29NO5Si/c1-6-16-19(17-7-2,18-8-3)11-9-10-13-12(14-4)15-5/h12-13H,6-11H2,1-5H3. The number of methoxy groups -OCH3 is 2. The first-order valence-electron chi connectivity index (χ1n) is 6.88. The highest BCUT2D eigenvalue weighted by Crippen LogP contribution is 2.17. The summed E-state index contributed by atoms with van der Waals surface area (Å²) in [6.07, 6.45) is 0.512. The third-order valence-electron chi connectivity index (χ3n) is 2.49. The van der Waals surface area contributed by atoms with Crippen LogP contribution in [-0.2, 0) is 22.8 Å². The minimum Gasteiger partial charge on any atom is -0.374 e. The first-order chi connectivity index (χ1) is 9.17. The maximum Gasteiger partial charge on any atom is 0.500 e. The first kappa shape index (κ1) is 19.0. The van der Waals surface area contributed by atoms with Crippen LogP contribution in [0.2, 0.25) is 6.04 Å². The second-order valence-corrected chi connectivity index (χ2v) is 6.58. The minimum atomic E-state index is -2.51. The predicted octanol–water partition coefficient (Wildman–Crippen LogP) is 1.59. The van der Waals surface area contributed by atoms with Crippen LogP contribution in [0.1, 0.15) is 27.2 Å². The van der Waals surface area contributed by atoms with Crippen molar-refractivity contribution < 1.29 is 22.8 Å². The van der Waals surface area contributed by atoms with Crippen LogP contribution < -0.4 is 5.32 Å². The van der Waals surface area contributed by atoms with Gasteiger partial charge in [-0.1, -0.05) is 0 Å². The summed E-state index contributed by atoms with van der Waals surface area (Å²) in [5, 5.41) is 3.13. The van der Waals surface area contributed by atoms with Crippen molar-refractivity contribution in [2.45, 2.75) is 39.7 Å². The number of nitrogens with one attached hydrogen (secondary N) is 1. The van der Waals surface area contributed by atoms with Crippen LogP contribution in [-0.4, -0.2) is 55.8 Å². The van der Waals surface area contributed by atoms with Gasteiger partial charge < -0.3 is 22.8 Å². The van der Waals surface area contributed by atoms with Gasteiger partial charge in [0.15, 0.2) is 0 Å². The summed E-state index contributed by atoms with van der Waals surface area (Å²) in [5.74, 6) is 0. The average Bonchev–Trinajstić information content (AvgIpc) is 2.40. The molecule has 0 aromatic heterocycles. The van der Waals surface area contributed by atoms with Crippen molar-refractivity contribution in [1.82, 2.24) is 5.32 Å². The Morgan fingerprint density at radius 3 is 1.74 bits per heavy atom. The van der Waals surface area contributed by atoms with Crippen molar-refractivity contribution in [2.75, 3.05) is 40.6 Å². The molecular weight excluding hydrogens is 266 g/mol. The van der Waals surface area contributed by atoms with Gasteiger partial charge in [0.25, 0.3) is 0 Å². The lowest BCUT2D eigenvalue weighted by Gasteiger charge is -2.28. The number of rotatable bonds is 13. The van der Waals surface area contributed by atoms with Gasteiger partial charge in [-0.2, -0.15) is 0 Å². The molecule has 0 rings (SSSR count). The van der Waals surface area contributed by atoms with Gasteiger partial charge in [0.05, 0.1) is 0 Å². The van der Waals surface area contributed by atoms with E-state index < -0.39 is 8.80 Å². The molecule has 0 fully saturated rings. The van der Waals surface area contributed by atoms with E-state index in [0.717, 1.165) is 19.0 Å². The maximum atomic E-state index is 5.77. The molecule has 116 valence electrons. The molecule has 0 saturated carbocycles. The third kappa shape index (κ3) is 7.98. The van der Waals surface area contributed by atoms with Gasteiger partial charge in [-0.3, -0.25) is 5.32 Å². The fraction of sp³-hybridized carbons (Fsp3) is 1.00. The lowest BCUT2D eigenvalue weighted by atomic mass is 10.5. The van der Waals surface area contributed by atoms with Crippen LogP contribution in [0.5, 0.6) is 0 Å². The molecular formula is C12H29NO5Si. The largest absolute Gasteiger partial charge is 0.500 e. The van der Waals surface area contributed by atoms with E-state index >= 15 is 0 Å². The molecule has 0 aliphatic carbocycles. The van der Waals surface area contributed by atoms with Crippen LogP contribution in [0.25, 0.3) is 0 Å². The number of hydrogen-bond donors (Lipinski definition) is 1. The molecule has 19 heavy (non-hydrogen) atoms. The van der Waals surface area contributed by atoms with Crippen LogP contribution in [0.4, 0.5) is 0 Å². The Balaban J connectivity index is 4.16. The van der Waals surface area contributed by atoms with Gasteiger partial charge >= 0.3 is 8.80 Å². The normalized spacial score (nSPS) is 12.3. The molecule has 0 aliphatic rings. The summed E-state index contributed by atoms with van der Waals surface area (Å²) in [6, 6.07) is 0.787. The van der Waals surface area contributed by atoms with E-state index in [1.807, 2.05) is 20.8 Å². The summed E-state index contributed by atoms with van der Waals surface area (Å²) >= 11 is 0. The number of ether oxygens (including phenoxy) is 2. The average molecular weight is 295 g/mol. The first-order valence-corrected chi connectivity index (χ1v) is 8.82. The molecule has 0 spiro atoms. The van der Waals surface area contributed by atoms with Gasteiger partial charge in [0.2, 0.25) is 6.41 Å². The Morgan fingerprint density at radius 1 is 0.895 bits per heavy atom. The highest BCUT2D eigenvalue weighted by atomic mass is 28.4. The van der Waals surface area contributed by atoms with E-state index in [2.05, 4.69) is 5.32 Å². The Kier molecular flexibility index (Phi) is 11.8. The molecule has 0 atom stereocenters. The zero-order valence-electron chi connectivity index (χ0n) is 12.9. The molecule has 0 amide bonds. The smallest absolute Gasteiger partial charge is 0.374 e. The van der Waals surface area contributed by atoms with Gasteiger partial charge in [0.1, 0.15) is 0 Å². The van der Waals surface area contributed by atoms with Crippen LogP contribution in [0, 0.1) is 0 Å². The van der Waals surface area contributed by atoms with Crippen LogP contribution >= 0.6 is 0 Å². The van der Waals surface area contributed by atoms with E-state index in [0.29, 0.717) is 19.8 Å². The highest BCUT2D eigenvalue weighted by Gasteiger charge is 2.39. The van der Waals surface area contributed by atoms with Crippen molar-refractivity contribution in [3.63, 3.8) is 0 Å². The minimum absolute atomic E-state index is 0.373. The van der Waals surface area contributed by atoms with Gasteiger partial charge in [-0.05, 0) is 33.7 Å². The van der Waals surface area contributed by atoms with Gasteiger partial charge in [-0.25, -0.2) is 0 Å². The summed E-state index contributed by atoms with van der Waals surface area (Å²) in [4.78, 5) is 0. The summed E-state index contributed by atoms with van der Waals surface area (Å²) < 4.78 is 27.4. The van der Waals surface area contributed by atoms with Crippen molar-refractivity contribution in [2.24, 2.45) is 0 Å². The van der Waals surface area contributed by atoms with Crippen molar-refractivity contribution in [3.8, 4) is 0 Å². The summed E-state index contributed by atoms with van der Waals surface area (Å²) in [7, 11) is 0.686. The van der Waals surface area contributed by atoms with Crippen molar-refractivity contribution in [1.29, 1.82) is 0 Å². The number of hydrogen-bond acceptors (Lipinski definition) is 6. The summed E-state index contributed by atoms with van der Waals surface area (Å²) in [5.41, 5.74) is 0. The van der Waals surface area contributed by atoms with Crippen LogP contribution in [0.3, 0.4) is 0 Å². The lowest BCUT2D eigenvalue weighted by molar-refractivity contribution is -0.122. The predicted molar refractivity (Wildman–Crippen MR) is 75.9 cm³/mol. The van der Waals surface area contributed by atoms with Crippen molar-refractivity contribution >= 4 is 8.80 Å². The molecule has 0 aromatic rings. The molecule has 0 aromatic carbocycles. The Labute approximate surface area is 118 Å². The Bertz CT molecular complexity index is 188. The molecule has 6 nitrogen and oxygen atoms in total. The molecule has 0 aliphatic heterocycles. The van der Waals surface area contributed by atoms with E-state index in [1.54, 1.807) is 14.2 Å². The van der Waals surface area contributed by atoms with E-state index in [4.69, 9.17) is 22.8 Å². The molecule has 1 N–H and O–H groups in total. The maximum absolute atomic E-state index is 5.77. The second kappa shape index (κ2) is 11.8. The molecule has 0 bridgehead atoms. The zero-order valence-corrected chi connectivity index (χ0v) is 13.9. The lowest BCUT2D eigenvalue weighted by Crippen LogP contribution is -2.46. The fourth-order valence-corrected chi connectivity index (χ4v) is 4.40. The topological polar surface area (TPSA) is 58.2 Å². The fourth-order valence-electron chi connectivity index (χ4n) is 1.79. The highest BCUT2D eigenvalue weighted by molar-refractivity contribution is 6.60. The van der Waals surface area contributed by atoms with Crippen LogP contribution in [0.15, 0.2) is 0 Å². The summed E-state index contributed by atoms with van der Waals surface area (Å²) in [6.45, 7) is 8.47. The zero-order chi connectivity index (χ0) is 14.6. The Morgan fingerprint density at radius 2 is 1.37 bits per heavy atom. The van der Waals surface area contributed by atoms with Gasteiger partial charge in [-0.15, -0.1) is 0 Å². The molecule has 0 radical (unpaired) electrons. The monoisotopic (exact) mass is 295 g/mol. The third-order valence-corrected chi connectivity index (χ3v) is 5.64. The Hall–Kier alpha value is -0.0231. The van der Waals surface area contributed by atoms with E-state index in [9.17, 15) is 0 Å². The molecule has 0 unspecified atom stereocenters. The molecule has 0 heterocycles. The van der Waals surface area contributed by atoms with Crippen molar-refractivity contribution in [3.05, 3.63) is 0 Å². The molecule has 7 heteroatoms. The second-order valence-electron chi connectivity index (χ2n) is 3.84.